The van der Waals surface area contributed by atoms with Crippen molar-refractivity contribution in [3.05, 3.63) is 66.6 Å². The third-order valence-corrected chi connectivity index (χ3v) is 7.08. The molecule has 0 radical (unpaired) electrons. The third kappa shape index (κ3) is 3.63. The quantitative estimate of drug-likeness (QED) is 0.427. The van der Waals surface area contributed by atoms with Crippen LogP contribution in [0, 0.1) is 0 Å². The summed E-state index contributed by atoms with van der Waals surface area (Å²) in [5.41, 5.74) is 5.14. The van der Waals surface area contributed by atoms with Crippen LogP contribution >= 0.6 is 11.3 Å². The van der Waals surface area contributed by atoms with Crippen molar-refractivity contribution in [2.24, 2.45) is 0 Å². The number of imidazole rings is 1. The average molecular weight is 446 g/mol. The number of thiazole rings is 1. The number of benzene rings is 1. The average Bonchev–Trinajstić information content (AvgIpc) is 3.55. The van der Waals surface area contributed by atoms with Crippen LogP contribution in [0.1, 0.15) is 36.9 Å². The zero-order valence-corrected chi connectivity index (χ0v) is 18.2. The zero-order chi connectivity index (χ0) is 21.5. The van der Waals surface area contributed by atoms with Crippen molar-refractivity contribution in [3.8, 4) is 5.69 Å². The summed E-state index contributed by atoms with van der Waals surface area (Å²) in [5, 5.41) is 18.8. The van der Waals surface area contributed by atoms with Crippen LogP contribution in [0.2, 0.25) is 0 Å². The highest BCUT2D eigenvalue weighted by Gasteiger charge is 2.23. The first-order valence-electron chi connectivity index (χ1n) is 10.9. The number of hydrogen-bond acceptors (Lipinski definition) is 7. The van der Waals surface area contributed by atoms with Crippen molar-refractivity contribution < 1.29 is 5.11 Å². The molecule has 32 heavy (non-hydrogen) atoms. The van der Waals surface area contributed by atoms with Gasteiger partial charge in [0.1, 0.15) is 18.3 Å². The van der Waals surface area contributed by atoms with Crippen LogP contribution < -0.4 is 5.32 Å². The van der Waals surface area contributed by atoms with Crippen LogP contribution in [0.5, 0.6) is 0 Å². The maximum absolute atomic E-state index is 10.2. The molecule has 0 bridgehead atoms. The van der Waals surface area contributed by atoms with E-state index in [4.69, 9.17) is 4.98 Å². The van der Waals surface area contributed by atoms with E-state index in [1.807, 2.05) is 24.5 Å². The topological polar surface area (TPSA) is 93.2 Å². The van der Waals surface area contributed by atoms with Crippen LogP contribution in [0.15, 0.2) is 55.4 Å². The number of pyridine rings is 1. The van der Waals surface area contributed by atoms with Crippen molar-refractivity contribution >= 4 is 32.3 Å². The van der Waals surface area contributed by atoms with Gasteiger partial charge in [-0.05, 0) is 36.6 Å². The van der Waals surface area contributed by atoms with Gasteiger partial charge in [0, 0.05) is 30.6 Å². The van der Waals surface area contributed by atoms with Crippen LogP contribution in [-0.4, -0.2) is 46.4 Å². The molecule has 1 fully saturated rings. The van der Waals surface area contributed by atoms with Crippen LogP contribution in [0.4, 0.5) is 5.13 Å². The fourth-order valence-electron chi connectivity index (χ4n) is 4.43. The molecular weight excluding hydrogens is 422 g/mol. The van der Waals surface area contributed by atoms with Gasteiger partial charge in [0.2, 0.25) is 0 Å². The van der Waals surface area contributed by atoms with Crippen molar-refractivity contribution in [2.45, 2.75) is 44.2 Å². The van der Waals surface area contributed by atoms with Gasteiger partial charge in [-0.25, -0.2) is 19.6 Å². The lowest BCUT2D eigenvalue weighted by atomic mass is 9.93. The van der Waals surface area contributed by atoms with Gasteiger partial charge in [-0.3, -0.25) is 0 Å². The minimum absolute atomic E-state index is 0.101. The Morgan fingerprint density at radius 1 is 1.16 bits per heavy atom. The largest absolute Gasteiger partial charge is 0.391 e. The Balaban J connectivity index is 1.23. The van der Waals surface area contributed by atoms with Gasteiger partial charge in [-0.15, -0.1) is 0 Å². The van der Waals surface area contributed by atoms with Crippen LogP contribution in [0.3, 0.4) is 0 Å². The molecule has 1 saturated carbocycles. The number of rotatable bonds is 5. The maximum atomic E-state index is 10.2. The standard InChI is InChI=1S/C23H23N7OS/c31-20-4-2-1-3-18(20)27-23-28-19-6-5-15(10-21(19)32-23)9-17-12-25-22-11-16(7-8-29(17)22)30-14-24-13-26-30/h5-8,10-14,18,20,31H,1-4,9H2,(H,27,28). The van der Waals surface area contributed by atoms with E-state index in [1.165, 1.54) is 11.9 Å². The smallest absolute Gasteiger partial charge is 0.184 e. The van der Waals surface area contributed by atoms with E-state index < -0.39 is 0 Å². The predicted molar refractivity (Wildman–Crippen MR) is 124 cm³/mol. The van der Waals surface area contributed by atoms with Crippen molar-refractivity contribution in [2.75, 3.05) is 5.32 Å². The first kappa shape index (κ1) is 19.4. The first-order chi connectivity index (χ1) is 15.7. The van der Waals surface area contributed by atoms with Crippen molar-refractivity contribution in [1.29, 1.82) is 0 Å². The Morgan fingerprint density at radius 3 is 2.97 bits per heavy atom. The minimum atomic E-state index is -0.286. The van der Waals surface area contributed by atoms with E-state index in [1.54, 1.807) is 22.3 Å². The van der Waals surface area contributed by atoms with Gasteiger partial charge >= 0.3 is 0 Å². The molecular formula is C23H23N7OS. The zero-order valence-electron chi connectivity index (χ0n) is 17.4. The summed E-state index contributed by atoms with van der Waals surface area (Å²) in [6, 6.07) is 10.5. The number of hydrogen-bond donors (Lipinski definition) is 2. The maximum Gasteiger partial charge on any atom is 0.184 e. The Morgan fingerprint density at radius 2 is 2.09 bits per heavy atom. The number of aromatic nitrogens is 6. The number of anilines is 1. The number of aliphatic hydroxyl groups excluding tert-OH is 1. The molecule has 5 aromatic rings. The van der Waals surface area contributed by atoms with Crippen LogP contribution in [0.25, 0.3) is 21.6 Å². The molecule has 2 unspecified atom stereocenters. The van der Waals surface area contributed by atoms with Crippen molar-refractivity contribution in [1.82, 2.24) is 29.1 Å². The lowest BCUT2D eigenvalue weighted by Crippen LogP contribution is -2.36. The molecule has 0 aliphatic heterocycles. The minimum Gasteiger partial charge on any atom is -0.391 e. The van der Waals surface area contributed by atoms with Gasteiger partial charge in [0.15, 0.2) is 5.13 Å². The normalized spacial score (nSPS) is 19.0. The summed E-state index contributed by atoms with van der Waals surface area (Å²) in [6.07, 6.45) is 11.8. The van der Waals surface area contributed by atoms with E-state index >= 15 is 0 Å². The van der Waals surface area contributed by atoms with E-state index in [9.17, 15) is 5.11 Å². The van der Waals surface area contributed by atoms with E-state index in [2.05, 4.69) is 43.0 Å². The van der Waals surface area contributed by atoms with E-state index in [-0.39, 0.29) is 12.1 Å². The Kier molecular flexibility index (Phi) is 4.84. The van der Waals surface area contributed by atoms with Gasteiger partial charge < -0.3 is 14.8 Å². The second-order valence-corrected chi connectivity index (χ2v) is 9.33. The molecule has 2 N–H and O–H groups in total. The monoisotopic (exact) mass is 445 g/mol. The van der Waals surface area contributed by atoms with E-state index in [0.29, 0.717) is 0 Å². The van der Waals surface area contributed by atoms with Gasteiger partial charge in [0.25, 0.3) is 0 Å². The molecule has 2 atom stereocenters. The third-order valence-electron chi connectivity index (χ3n) is 6.13. The SMILES string of the molecule is OC1CCCCC1Nc1nc2ccc(Cc3cnc4cc(-n5cncn5)ccn34)cc2s1. The molecule has 6 rings (SSSR count). The summed E-state index contributed by atoms with van der Waals surface area (Å²) in [7, 11) is 0. The Hall–Kier alpha value is -3.30. The molecule has 4 aromatic heterocycles. The lowest BCUT2D eigenvalue weighted by molar-refractivity contribution is 0.116. The molecule has 1 aliphatic rings. The molecule has 1 aliphatic carbocycles. The summed E-state index contributed by atoms with van der Waals surface area (Å²) in [4.78, 5) is 13.3. The number of nitrogens with zero attached hydrogens (tertiary/aromatic N) is 6. The highest BCUT2D eigenvalue weighted by atomic mass is 32.1. The fraction of sp³-hybridized carbons (Fsp3) is 0.304. The van der Waals surface area contributed by atoms with E-state index in [0.717, 1.165) is 64.5 Å². The molecule has 0 amide bonds. The highest BCUT2D eigenvalue weighted by molar-refractivity contribution is 7.22. The summed E-state index contributed by atoms with van der Waals surface area (Å²) in [5.74, 6) is 0. The predicted octanol–water partition coefficient (Wildman–Crippen LogP) is 3.83. The molecule has 162 valence electrons. The molecule has 0 saturated heterocycles. The first-order valence-corrected chi connectivity index (χ1v) is 11.7. The second kappa shape index (κ2) is 7.99. The lowest BCUT2D eigenvalue weighted by Gasteiger charge is -2.27. The Bertz CT molecular complexity index is 1370. The van der Waals surface area contributed by atoms with Crippen LogP contribution in [-0.2, 0) is 6.42 Å². The Labute approximate surface area is 188 Å². The number of aliphatic hydroxyl groups is 1. The molecule has 4 heterocycles. The number of fused-ring (bicyclic) bond motifs is 2. The fourth-order valence-corrected chi connectivity index (χ4v) is 5.42. The van der Waals surface area contributed by atoms with Gasteiger partial charge in [-0.2, -0.15) is 5.10 Å². The molecule has 1 aromatic carbocycles. The summed E-state index contributed by atoms with van der Waals surface area (Å²) < 4.78 is 4.98. The van der Waals surface area contributed by atoms with Gasteiger partial charge in [-0.1, -0.05) is 30.2 Å². The number of nitrogens with one attached hydrogen (secondary N) is 1. The molecule has 0 spiro atoms. The molecule has 8 nitrogen and oxygen atoms in total. The molecule has 9 heteroatoms. The summed E-state index contributed by atoms with van der Waals surface area (Å²) >= 11 is 1.65. The summed E-state index contributed by atoms with van der Waals surface area (Å²) in [6.45, 7) is 0. The highest BCUT2D eigenvalue weighted by Crippen LogP contribution is 2.30. The van der Waals surface area contributed by atoms with Gasteiger partial charge in [0.05, 0.1) is 28.0 Å². The second-order valence-electron chi connectivity index (χ2n) is 8.30. The van der Waals surface area contributed by atoms with Crippen molar-refractivity contribution in [3.63, 3.8) is 0 Å².